The number of benzene rings is 1. The number of aromatic nitrogens is 2. The SMILES string of the molecule is COCc1cc(C)n(CC(=O)NN=Cc2cc(C)n(-c3cccc(C(F)(F)F)c3)c2C)c(=O)c1C#N. The molecule has 1 amide bonds. The molecule has 2 aromatic heterocycles. The number of alkyl halides is 3. The fraction of sp³-hybridized carbons (Fsp3) is 0.280. The standard InChI is InChI=1S/C25H24F3N5O3/c1-15-8-19(14-36-4)22(11-29)24(35)32(15)13-23(34)31-30-12-18-9-16(2)33(17(18)3)21-7-5-6-20(10-21)25(26,27)28/h5-10,12H,13-14H2,1-4H3,(H,31,34). The van der Waals surface area contributed by atoms with E-state index in [4.69, 9.17) is 4.74 Å². The number of aryl methyl sites for hydroxylation is 2. The maximum absolute atomic E-state index is 13.1. The number of nitrogens with zero attached hydrogens (tertiary/aromatic N) is 4. The number of hydrogen-bond acceptors (Lipinski definition) is 5. The van der Waals surface area contributed by atoms with Gasteiger partial charge < -0.3 is 13.9 Å². The normalized spacial score (nSPS) is 11.6. The molecular weight excluding hydrogens is 475 g/mol. The van der Waals surface area contributed by atoms with Crippen molar-refractivity contribution in [1.29, 1.82) is 5.26 Å². The van der Waals surface area contributed by atoms with Gasteiger partial charge in [0.2, 0.25) is 0 Å². The first-order valence-electron chi connectivity index (χ1n) is 10.8. The Balaban J connectivity index is 1.79. The number of methoxy groups -OCH3 is 1. The minimum Gasteiger partial charge on any atom is -0.380 e. The van der Waals surface area contributed by atoms with E-state index in [1.165, 1.54) is 24.0 Å². The number of nitriles is 1. The number of nitrogens with one attached hydrogen (secondary N) is 1. The number of ether oxygens (including phenoxy) is 1. The van der Waals surface area contributed by atoms with Crippen LogP contribution in [0.25, 0.3) is 5.69 Å². The quantitative estimate of drug-likeness (QED) is 0.395. The van der Waals surface area contributed by atoms with E-state index in [1.54, 1.807) is 43.5 Å². The lowest BCUT2D eigenvalue weighted by Crippen LogP contribution is -2.33. The topological polar surface area (TPSA) is 101 Å². The molecule has 0 saturated carbocycles. The van der Waals surface area contributed by atoms with Crippen molar-refractivity contribution in [3.8, 4) is 11.8 Å². The molecule has 36 heavy (non-hydrogen) atoms. The molecule has 8 nitrogen and oxygen atoms in total. The molecule has 1 N–H and O–H groups in total. The fourth-order valence-corrected chi connectivity index (χ4v) is 3.91. The van der Waals surface area contributed by atoms with E-state index in [0.29, 0.717) is 33.9 Å². The van der Waals surface area contributed by atoms with Crippen molar-refractivity contribution in [1.82, 2.24) is 14.6 Å². The molecule has 0 saturated heterocycles. The molecule has 0 aliphatic heterocycles. The molecule has 0 aliphatic carbocycles. The first kappa shape index (κ1) is 26.4. The largest absolute Gasteiger partial charge is 0.416 e. The van der Waals surface area contributed by atoms with E-state index >= 15 is 0 Å². The van der Waals surface area contributed by atoms with Gasteiger partial charge in [-0.3, -0.25) is 9.59 Å². The highest BCUT2D eigenvalue weighted by molar-refractivity contribution is 5.84. The van der Waals surface area contributed by atoms with Crippen LogP contribution >= 0.6 is 0 Å². The second-order valence-corrected chi connectivity index (χ2v) is 8.13. The average Bonchev–Trinajstić information content (AvgIpc) is 3.09. The van der Waals surface area contributed by atoms with Crippen molar-refractivity contribution in [2.24, 2.45) is 5.10 Å². The van der Waals surface area contributed by atoms with Crippen molar-refractivity contribution in [3.63, 3.8) is 0 Å². The van der Waals surface area contributed by atoms with E-state index in [9.17, 15) is 28.0 Å². The summed E-state index contributed by atoms with van der Waals surface area (Å²) in [6.45, 7) is 4.85. The Kier molecular flexibility index (Phi) is 7.80. The predicted octanol–water partition coefficient (Wildman–Crippen LogP) is 3.75. The molecule has 0 aliphatic rings. The van der Waals surface area contributed by atoms with Gasteiger partial charge in [0, 0.05) is 41.0 Å². The third-order valence-electron chi connectivity index (χ3n) is 5.60. The summed E-state index contributed by atoms with van der Waals surface area (Å²) in [6, 6.07) is 10.2. The number of hydrazone groups is 1. The van der Waals surface area contributed by atoms with E-state index in [1.807, 2.05) is 6.07 Å². The van der Waals surface area contributed by atoms with Crippen LogP contribution in [0.4, 0.5) is 13.2 Å². The summed E-state index contributed by atoms with van der Waals surface area (Å²) in [5, 5.41) is 13.3. The number of halogens is 3. The molecule has 1 aromatic carbocycles. The van der Waals surface area contributed by atoms with E-state index < -0.39 is 23.2 Å². The molecule has 3 aromatic rings. The van der Waals surface area contributed by atoms with Crippen LogP contribution in [-0.2, 0) is 28.9 Å². The van der Waals surface area contributed by atoms with Crippen LogP contribution in [0.5, 0.6) is 0 Å². The summed E-state index contributed by atoms with van der Waals surface area (Å²) >= 11 is 0. The Morgan fingerprint density at radius 2 is 1.92 bits per heavy atom. The van der Waals surface area contributed by atoms with Gasteiger partial charge in [0.15, 0.2) is 0 Å². The van der Waals surface area contributed by atoms with Crippen LogP contribution in [-0.4, -0.2) is 28.4 Å². The zero-order valence-electron chi connectivity index (χ0n) is 20.1. The monoisotopic (exact) mass is 499 g/mol. The lowest BCUT2D eigenvalue weighted by molar-refractivity contribution is -0.137. The summed E-state index contributed by atoms with van der Waals surface area (Å²) in [6.07, 6.45) is -3.08. The number of carbonyl (C=O) groups excluding carboxylic acids is 1. The van der Waals surface area contributed by atoms with E-state index in [2.05, 4.69) is 10.5 Å². The minimum absolute atomic E-state index is 0.0925. The molecule has 188 valence electrons. The summed E-state index contributed by atoms with van der Waals surface area (Å²) in [5.74, 6) is -0.591. The lowest BCUT2D eigenvalue weighted by atomic mass is 10.1. The van der Waals surface area contributed by atoms with Gasteiger partial charge in [-0.1, -0.05) is 6.07 Å². The van der Waals surface area contributed by atoms with E-state index in [0.717, 1.165) is 12.1 Å². The van der Waals surface area contributed by atoms with Crippen LogP contribution in [0.2, 0.25) is 0 Å². The number of pyridine rings is 1. The summed E-state index contributed by atoms with van der Waals surface area (Å²) in [7, 11) is 1.45. The Labute approximate surface area is 205 Å². The minimum atomic E-state index is -4.46. The maximum atomic E-state index is 13.1. The van der Waals surface area contributed by atoms with Gasteiger partial charge in [0.05, 0.1) is 18.4 Å². The molecule has 0 spiro atoms. The van der Waals surface area contributed by atoms with Crippen LogP contribution < -0.4 is 11.0 Å². The van der Waals surface area contributed by atoms with Gasteiger partial charge in [0.1, 0.15) is 18.2 Å². The third kappa shape index (κ3) is 5.55. The first-order chi connectivity index (χ1) is 17.0. The van der Waals surface area contributed by atoms with Gasteiger partial charge in [0.25, 0.3) is 11.5 Å². The Morgan fingerprint density at radius 1 is 1.19 bits per heavy atom. The molecule has 0 radical (unpaired) electrons. The van der Waals surface area contributed by atoms with E-state index in [-0.39, 0.29) is 18.7 Å². The van der Waals surface area contributed by atoms with Crippen LogP contribution in [0, 0.1) is 32.1 Å². The zero-order chi connectivity index (χ0) is 26.6. The number of amides is 1. The highest BCUT2D eigenvalue weighted by Crippen LogP contribution is 2.31. The summed E-state index contributed by atoms with van der Waals surface area (Å²) < 4.78 is 47.2. The summed E-state index contributed by atoms with van der Waals surface area (Å²) in [4.78, 5) is 25.1. The van der Waals surface area contributed by atoms with Gasteiger partial charge >= 0.3 is 6.18 Å². The highest BCUT2D eigenvalue weighted by atomic mass is 19.4. The maximum Gasteiger partial charge on any atom is 0.416 e. The zero-order valence-corrected chi connectivity index (χ0v) is 20.1. The molecule has 0 fully saturated rings. The first-order valence-corrected chi connectivity index (χ1v) is 10.8. The lowest BCUT2D eigenvalue weighted by Gasteiger charge is -2.13. The number of carbonyl (C=O) groups is 1. The predicted molar refractivity (Wildman–Crippen MR) is 127 cm³/mol. The van der Waals surface area contributed by atoms with Gasteiger partial charge in [-0.2, -0.15) is 23.5 Å². The van der Waals surface area contributed by atoms with Gasteiger partial charge in [-0.15, -0.1) is 0 Å². The average molecular weight is 499 g/mol. The van der Waals surface area contributed by atoms with Crippen LogP contribution in [0.3, 0.4) is 0 Å². The van der Waals surface area contributed by atoms with Crippen molar-refractivity contribution >= 4 is 12.1 Å². The Bertz CT molecular complexity index is 1430. The second kappa shape index (κ2) is 10.6. The molecule has 0 unspecified atom stereocenters. The van der Waals surface area contributed by atoms with Crippen molar-refractivity contribution in [2.45, 2.75) is 40.1 Å². The number of rotatable bonds is 7. The smallest absolute Gasteiger partial charge is 0.380 e. The second-order valence-electron chi connectivity index (χ2n) is 8.13. The van der Waals surface area contributed by atoms with Crippen LogP contribution in [0.1, 0.15) is 39.3 Å². The summed E-state index contributed by atoms with van der Waals surface area (Å²) in [5.41, 5.74) is 4.06. The Hall–Kier alpha value is -4.17. The fourth-order valence-electron chi connectivity index (χ4n) is 3.91. The molecular formula is C25H24F3N5O3. The molecule has 11 heteroatoms. The molecule has 2 heterocycles. The van der Waals surface area contributed by atoms with Crippen molar-refractivity contribution < 1.29 is 22.7 Å². The number of hydrogen-bond donors (Lipinski definition) is 1. The van der Waals surface area contributed by atoms with Gasteiger partial charge in [-0.05, 0) is 51.1 Å². The van der Waals surface area contributed by atoms with Crippen molar-refractivity contribution in [3.05, 3.63) is 86.1 Å². The third-order valence-corrected chi connectivity index (χ3v) is 5.60. The molecule has 0 bridgehead atoms. The molecule has 3 rings (SSSR count). The van der Waals surface area contributed by atoms with Crippen LogP contribution in [0.15, 0.2) is 46.3 Å². The van der Waals surface area contributed by atoms with Gasteiger partial charge in [-0.25, -0.2) is 5.43 Å². The molecule has 0 atom stereocenters. The highest BCUT2D eigenvalue weighted by Gasteiger charge is 2.30. The van der Waals surface area contributed by atoms with Crippen molar-refractivity contribution in [2.75, 3.05) is 7.11 Å². The Morgan fingerprint density at radius 3 is 2.56 bits per heavy atom.